The number of nitrogens with zero attached hydrogens (tertiary/aromatic N) is 2. The number of rotatable bonds is 3. The van der Waals surface area contributed by atoms with E-state index in [1.54, 1.807) is 17.5 Å². The van der Waals surface area contributed by atoms with Crippen LogP contribution in [0, 0.1) is 5.82 Å². The molecule has 0 spiro atoms. The van der Waals surface area contributed by atoms with Crippen LogP contribution in [0.15, 0.2) is 29.6 Å². The largest absolute Gasteiger partial charge is 0.347 e. The fourth-order valence-corrected chi connectivity index (χ4v) is 2.27. The lowest BCUT2D eigenvalue weighted by Gasteiger charge is -2.15. The summed E-state index contributed by atoms with van der Waals surface area (Å²) in [6.45, 7) is 0.685. The Kier molecular flexibility index (Phi) is 3.41. The topological polar surface area (TPSA) is 16.1 Å². The Morgan fingerprint density at radius 3 is 2.62 bits per heavy atom. The molecule has 0 saturated carbocycles. The summed E-state index contributed by atoms with van der Waals surface area (Å²) >= 11 is 7.24. The third-order valence-electron chi connectivity index (χ3n) is 2.12. The zero-order chi connectivity index (χ0) is 11.5. The van der Waals surface area contributed by atoms with Gasteiger partial charge in [0.1, 0.15) is 11.0 Å². The third-order valence-corrected chi connectivity index (χ3v) is 3.40. The van der Waals surface area contributed by atoms with Crippen molar-refractivity contribution >= 4 is 28.1 Å². The monoisotopic (exact) mass is 256 g/mol. The first-order chi connectivity index (χ1) is 7.65. The van der Waals surface area contributed by atoms with Crippen LogP contribution in [-0.2, 0) is 6.54 Å². The second-order valence-electron chi connectivity index (χ2n) is 3.44. The minimum Gasteiger partial charge on any atom is -0.347 e. The summed E-state index contributed by atoms with van der Waals surface area (Å²) in [6, 6.07) is 6.44. The molecule has 0 saturated heterocycles. The maximum atomic E-state index is 12.7. The van der Waals surface area contributed by atoms with Gasteiger partial charge in [-0.05, 0) is 17.7 Å². The molecule has 0 aliphatic rings. The van der Waals surface area contributed by atoms with Crippen LogP contribution >= 0.6 is 22.9 Å². The highest BCUT2D eigenvalue weighted by Gasteiger charge is 2.06. The Morgan fingerprint density at radius 1 is 1.38 bits per heavy atom. The molecule has 16 heavy (non-hydrogen) atoms. The summed E-state index contributed by atoms with van der Waals surface area (Å²) in [5, 5.41) is 3.15. The normalized spacial score (nSPS) is 10.4. The van der Waals surface area contributed by atoms with Crippen molar-refractivity contribution < 1.29 is 4.39 Å². The van der Waals surface area contributed by atoms with Crippen molar-refractivity contribution in [1.82, 2.24) is 4.98 Å². The van der Waals surface area contributed by atoms with Gasteiger partial charge in [-0.2, -0.15) is 0 Å². The Hall–Kier alpha value is -1.13. The van der Waals surface area contributed by atoms with Crippen LogP contribution in [0.5, 0.6) is 0 Å². The summed E-state index contributed by atoms with van der Waals surface area (Å²) in [5.41, 5.74) is 1.04. The zero-order valence-electron chi connectivity index (χ0n) is 8.65. The first kappa shape index (κ1) is 11.4. The van der Waals surface area contributed by atoms with Crippen molar-refractivity contribution in [3.8, 4) is 0 Å². The van der Waals surface area contributed by atoms with Gasteiger partial charge in [0.15, 0.2) is 5.13 Å². The second kappa shape index (κ2) is 4.80. The summed E-state index contributed by atoms with van der Waals surface area (Å²) in [7, 11) is 1.93. The molecule has 0 unspecified atom stereocenters. The van der Waals surface area contributed by atoms with Crippen molar-refractivity contribution in [3.05, 3.63) is 46.2 Å². The molecule has 2 nitrogen and oxygen atoms in total. The fourth-order valence-electron chi connectivity index (χ4n) is 1.35. The van der Waals surface area contributed by atoms with E-state index < -0.39 is 0 Å². The molecule has 5 heteroatoms. The average molecular weight is 257 g/mol. The van der Waals surface area contributed by atoms with Gasteiger partial charge >= 0.3 is 0 Å². The van der Waals surface area contributed by atoms with E-state index >= 15 is 0 Å². The van der Waals surface area contributed by atoms with Gasteiger partial charge in [-0.15, -0.1) is 11.3 Å². The van der Waals surface area contributed by atoms with E-state index in [-0.39, 0.29) is 5.82 Å². The molecule has 1 aromatic carbocycles. The number of halogens is 2. The van der Waals surface area contributed by atoms with Gasteiger partial charge in [-0.3, -0.25) is 0 Å². The summed E-state index contributed by atoms with van der Waals surface area (Å²) < 4.78 is 12.7. The molecule has 0 N–H and O–H groups in total. The third kappa shape index (κ3) is 2.71. The van der Waals surface area contributed by atoms with Crippen LogP contribution in [0.2, 0.25) is 5.15 Å². The van der Waals surface area contributed by atoms with Crippen LogP contribution in [-0.4, -0.2) is 12.0 Å². The lowest BCUT2D eigenvalue weighted by molar-refractivity contribution is 0.627. The first-order valence-corrected chi connectivity index (χ1v) is 5.97. The van der Waals surface area contributed by atoms with Crippen molar-refractivity contribution in [2.24, 2.45) is 0 Å². The maximum Gasteiger partial charge on any atom is 0.186 e. The fraction of sp³-hybridized carbons (Fsp3) is 0.182. The SMILES string of the molecule is CN(Cc1ccc(F)cc1)c1nc(Cl)cs1. The smallest absolute Gasteiger partial charge is 0.186 e. The van der Waals surface area contributed by atoms with Gasteiger partial charge in [-0.1, -0.05) is 23.7 Å². The molecular formula is C11H10ClFN2S. The Morgan fingerprint density at radius 2 is 2.06 bits per heavy atom. The number of hydrogen-bond donors (Lipinski definition) is 0. The predicted molar refractivity (Wildman–Crippen MR) is 65.6 cm³/mol. The van der Waals surface area contributed by atoms with Crippen molar-refractivity contribution in [2.75, 3.05) is 11.9 Å². The predicted octanol–water partition coefficient (Wildman–Crippen LogP) is 3.57. The summed E-state index contributed by atoms with van der Waals surface area (Å²) in [6.07, 6.45) is 0. The van der Waals surface area contributed by atoms with Crippen molar-refractivity contribution in [3.63, 3.8) is 0 Å². The lowest BCUT2D eigenvalue weighted by atomic mass is 10.2. The number of anilines is 1. The number of benzene rings is 1. The molecule has 1 aromatic heterocycles. The molecule has 0 fully saturated rings. The number of aromatic nitrogens is 1. The van der Waals surface area contributed by atoms with Gasteiger partial charge in [-0.25, -0.2) is 9.37 Å². The summed E-state index contributed by atoms with van der Waals surface area (Å²) in [4.78, 5) is 6.14. The van der Waals surface area contributed by atoms with Crippen LogP contribution in [0.4, 0.5) is 9.52 Å². The highest BCUT2D eigenvalue weighted by molar-refractivity contribution is 7.14. The van der Waals surface area contributed by atoms with Gasteiger partial charge in [0.25, 0.3) is 0 Å². The molecular weight excluding hydrogens is 247 g/mol. The van der Waals surface area contributed by atoms with E-state index in [0.717, 1.165) is 10.7 Å². The molecule has 84 valence electrons. The van der Waals surface area contributed by atoms with E-state index in [9.17, 15) is 4.39 Å². The minimum absolute atomic E-state index is 0.219. The van der Waals surface area contributed by atoms with Crippen LogP contribution in [0.1, 0.15) is 5.56 Å². The highest BCUT2D eigenvalue weighted by atomic mass is 35.5. The molecule has 0 aliphatic carbocycles. The van der Waals surface area contributed by atoms with E-state index in [0.29, 0.717) is 11.7 Å². The highest BCUT2D eigenvalue weighted by Crippen LogP contribution is 2.23. The minimum atomic E-state index is -0.219. The maximum absolute atomic E-state index is 12.7. The first-order valence-electron chi connectivity index (χ1n) is 4.72. The molecule has 0 amide bonds. The Bertz CT molecular complexity index is 469. The second-order valence-corrected chi connectivity index (χ2v) is 4.66. The molecule has 2 rings (SSSR count). The van der Waals surface area contributed by atoms with Crippen LogP contribution < -0.4 is 4.90 Å². The molecule has 0 atom stereocenters. The standard InChI is InChI=1S/C11H10ClFN2S/c1-15(11-14-10(12)7-16-11)6-8-2-4-9(13)5-3-8/h2-5,7H,6H2,1H3. The average Bonchev–Trinajstić information content (AvgIpc) is 2.68. The van der Waals surface area contributed by atoms with E-state index in [1.165, 1.54) is 23.5 Å². The van der Waals surface area contributed by atoms with E-state index in [1.807, 2.05) is 11.9 Å². The van der Waals surface area contributed by atoms with Gasteiger partial charge in [0, 0.05) is 19.0 Å². The van der Waals surface area contributed by atoms with Crippen molar-refractivity contribution in [2.45, 2.75) is 6.54 Å². The molecule has 0 aliphatic heterocycles. The summed E-state index contributed by atoms with van der Waals surface area (Å²) in [5.74, 6) is -0.219. The van der Waals surface area contributed by atoms with Gasteiger partial charge in [0.05, 0.1) is 0 Å². The van der Waals surface area contributed by atoms with Gasteiger partial charge < -0.3 is 4.90 Å². The van der Waals surface area contributed by atoms with Crippen LogP contribution in [0.3, 0.4) is 0 Å². The number of hydrogen-bond acceptors (Lipinski definition) is 3. The molecule has 2 aromatic rings. The lowest BCUT2D eigenvalue weighted by Crippen LogP contribution is -2.15. The Balaban J connectivity index is 2.07. The Labute approximate surface area is 102 Å². The molecule has 0 radical (unpaired) electrons. The molecule has 0 bridgehead atoms. The van der Waals surface area contributed by atoms with Crippen LogP contribution in [0.25, 0.3) is 0 Å². The van der Waals surface area contributed by atoms with Crippen molar-refractivity contribution in [1.29, 1.82) is 0 Å². The van der Waals surface area contributed by atoms with Gasteiger partial charge in [0.2, 0.25) is 0 Å². The number of thiazole rings is 1. The quantitative estimate of drug-likeness (QED) is 0.835. The molecule has 1 heterocycles. The van der Waals surface area contributed by atoms with E-state index in [4.69, 9.17) is 11.6 Å². The zero-order valence-corrected chi connectivity index (χ0v) is 10.2. The van der Waals surface area contributed by atoms with E-state index in [2.05, 4.69) is 4.98 Å².